The Balaban J connectivity index is 1.41. The number of anilines is 1. The van der Waals surface area contributed by atoms with Gasteiger partial charge in [-0.2, -0.15) is 4.31 Å². The molecule has 7 nitrogen and oxygen atoms in total. The molecule has 0 spiro atoms. The molecule has 1 aliphatic rings. The minimum atomic E-state index is -3.50. The maximum absolute atomic E-state index is 13.0. The van der Waals surface area contributed by atoms with Gasteiger partial charge in [-0.05, 0) is 80.4 Å². The van der Waals surface area contributed by atoms with Crippen LogP contribution < -0.4 is 9.64 Å². The fraction of sp³-hybridized carbons (Fsp3) is 0.333. The molecule has 8 heteroatoms. The molecule has 1 fully saturated rings. The van der Waals surface area contributed by atoms with Crippen molar-refractivity contribution in [3.05, 3.63) is 65.7 Å². The van der Waals surface area contributed by atoms with Gasteiger partial charge in [0.1, 0.15) is 5.75 Å². The largest absolute Gasteiger partial charge is 0.494 e. The lowest BCUT2D eigenvalue weighted by atomic mass is 10.1. The topological polar surface area (TPSA) is 75.6 Å². The van der Waals surface area contributed by atoms with Crippen molar-refractivity contribution in [2.45, 2.75) is 25.7 Å². The van der Waals surface area contributed by atoms with Gasteiger partial charge in [-0.3, -0.25) is 0 Å². The van der Waals surface area contributed by atoms with E-state index in [9.17, 15) is 8.42 Å². The number of sulfonamides is 1. The zero-order chi connectivity index (χ0) is 22.7. The average molecular weight is 453 g/mol. The summed E-state index contributed by atoms with van der Waals surface area (Å²) < 4.78 is 33.1. The standard InChI is InChI=1S/C24H28N4O3S/c1-4-31-21-8-6-20(7-9-21)23-11-12-24(26-25-23)27-13-15-28(16-14-27)32(29,30)22-10-5-18(2)19(3)17-22/h5-12,17H,4,13-16H2,1-3H3. The molecule has 0 unspecified atom stereocenters. The third-order valence-electron chi connectivity index (χ3n) is 5.79. The maximum atomic E-state index is 13.0. The molecule has 1 aromatic heterocycles. The van der Waals surface area contributed by atoms with Crippen LogP contribution in [0.4, 0.5) is 5.82 Å². The molecule has 168 valence electrons. The first-order valence-electron chi connectivity index (χ1n) is 10.8. The van der Waals surface area contributed by atoms with Gasteiger partial charge < -0.3 is 9.64 Å². The molecule has 0 amide bonds. The second-order valence-electron chi connectivity index (χ2n) is 7.87. The van der Waals surface area contributed by atoms with E-state index in [1.165, 1.54) is 0 Å². The van der Waals surface area contributed by atoms with Gasteiger partial charge in [-0.25, -0.2) is 8.42 Å². The van der Waals surface area contributed by atoms with Crippen LogP contribution in [0.2, 0.25) is 0 Å². The predicted octanol–water partition coefficient (Wildman–Crippen LogP) is 3.67. The summed E-state index contributed by atoms with van der Waals surface area (Å²) in [6.07, 6.45) is 0. The fourth-order valence-corrected chi connectivity index (χ4v) is 5.23. The summed E-state index contributed by atoms with van der Waals surface area (Å²) in [6, 6.07) is 16.9. The second kappa shape index (κ2) is 9.26. The van der Waals surface area contributed by atoms with Gasteiger partial charge in [0.25, 0.3) is 0 Å². The third-order valence-corrected chi connectivity index (χ3v) is 7.68. The highest BCUT2D eigenvalue weighted by Gasteiger charge is 2.29. The quantitative estimate of drug-likeness (QED) is 0.568. The zero-order valence-corrected chi connectivity index (χ0v) is 19.5. The number of nitrogens with zero attached hydrogens (tertiary/aromatic N) is 4. The summed E-state index contributed by atoms with van der Waals surface area (Å²) in [6.45, 7) is 8.47. The lowest BCUT2D eigenvalue weighted by Crippen LogP contribution is -2.49. The summed E-state index contributed by atoms with van der Waals surface area (Å²) in [5.41, 5.74) is 3.82. The number of hydrogen-bond donors (Lipinski definition) is 0. The van der Waals surface area contributed by atoms with Crippen LogP contribution >= 0.6 is 0 Å². The van der Waals surface area contributed by atoms with Crippen molar-refractivity contribution in [1.29, 1.82) is 0 Å². The minimum Gasteiger partial charge on any atom is -0.494 e. The first-order valence-corrected chi connectivity index (χ1v) is 12.2. The molecule has 0 atom stereocenters. The van der Waals surface area contributed by atoms with Crippen LogP contribution in [0.1, 0.15) is 18.1 Å². The van der Waals surface area contributed by atoms with Crippen molar-refractivity contribution < 1.29 is 13.2 Å². The molecule has 2 aromatic carbocycles. The second-order valence-corrected chi connectivity index (χ2v) is 9.81. The Bertz CT molecular complexity index is 1170. The number of hydrogen-bond acceptors (Lipinski definition) is 6. The molecular weight excluding hydrogens is 424 g/mol. The van der Waals surface area contributed by atoms with Crippen LogP contribution in [-0.4, -0.2) is 55.7 Å². The predicted molar refractivity (Wildman–Crippen MR) is 126 cm³/mol. The highest BCUT2D eigenvalue weighted by atomic mass is 32.2. The number of aryl methyl sites for hydroxylation is 2. The van der Waals surface area contributed by atoms with E-state index in [0.29, 0.717) is 37.7 Å². The lowest BCUT2D eigenvalue weighted by molar-refractivity contribution is 0.340. The van der Waals surface area contributed by atoms with Gasteiger partial charge >= 0.3 is 0 Å². The van der Waals surface area contributed by atoms with Crippen molar-refractivity contribution in [1.82, 2.24) is 14.5 Å². The molecular formula is C24H28N4O3S. The number of piperazine rings is 1. The molecule has 1 saturated heterocycles. The van der Waals surface area contributed by atoms with Crippen molar-refractivity contribution >= 4 is 15.8 Å². The smallest absolute Gasteiger partial charge is 0.243 e. The highest BCUT2D eigenvalue weighted by molar-refractivity contribution is 7.89. The fourth-order valence-electron chi connectivity index (χ4n) is 3.72. The molecule has 0 saturated carbocycles. The molecule has 1 aliphatic heterocycles. The summed E-state index contributed by atoms with van der Waals surface area (Å²) in [7, 11) is -3.50. The van der Waals surface area contributed by atoms with Gasteiger partial charge in [0, 0.05) is 31.7 Å². The Morgan fingerprint density at radius 3 is 2.19 bits per heavy atom. The summed E-state index contributed by atoms with van der Waals surface area (Å²) in [5, 5.41) is 8.75. The monoisotopic (exact) mass is 452 g/mol. The molecule has 3 aromatic rings. The van der Waals surface area contributed by atoms with Crippen LogP contribution in [0.25, 0.3) is 11.3 Å². The molecule has 0 aliphatic carbocycles. The van der Waals surface area contributed by atoms with E-state index in [1.807, 2.05) is 63.2 Å². The van der Waals surface area contributed by atoms with Crippen molar-refractivity contribution in [2.24, 2.45) is 0 Å². The Labute approximate surface area is 189 Å². The molecule has 4 rings (SSSR count). The van der Waals surface area contributed by atoms with E-state index < -0.39 is 10.0 Å². The Morgan fingerprint density at radius 1 is 0.875 bits per heavy atom. The Hall–Kier alpha value is -2.97. The number of ether oxygens (including phenoxy) is 1. The number of aromatic nitrogens is 2. The lowest BCUT2D eigenvalue weighted by Gasteiger charge is -2.34. The van der Waals surface area contributed by atoms with Gasteiger partial charge in [-0.15, -0.1) is 10.2 Å². The first-order chi connectivity index (χ1) is 15.4. The number of benzene rings is 2. The SMILES string of the molecule is CCOc1ccc(-c2ccc(N3CCN(S(=O)(=O)c4ccc(C)c(C)c4)CC3)nn2)cc1. The molecule has 0 radical (unpaired) electrons. The van der Waals surface area contributed by atoms with Gasteiger partial charge in [0.15, 0.2) is 5.82 Å². The minimum absolute atomic E-state index is 0.355. The van der Waals surface area contributed by atoms with Crippen molar-refractivity contribution in [3.8, 4) is 17.0 Å². The van der Waals surface area contributed by atoms with E-state index in [1.54, 1.807) is 16.4 Å². The molecule has 32 heavy (non-hydrogen) atoms. The Morgan fingerprint density at radius 2 is 1.59 bits per heavy atom. The van der Waals surface area contributed by atoms with E-state index >= 15 is 0 Å². The maximum Gasteiger partial charge on any atom is 0.243 e. The van der Waals surface area contributed by atoms with E-state index in [-0.39, 0.29) is 0 Å². The summed E-state index contributed by atoms with van der Waals surface area (Å²) >= 11 is 0. The third kappa shape index (κ3) is 4.61. The van der Waals surface area contributed by atoms with E-state index in [0.717, 1.165) is 34.0 Å². The van der Waals surface area contributed by atoms with Crippen LogP contribution in [0, 0.1) is 13.8 Å². The van der Waals surface area contributed by atoms with Gasteiger partial charge in [-0.1, -0.05) is 6.07 Å². The van der Waals surface area contributed by atoms with Crippen LogP contribution in [0.3, 0.4) is 0 Å². The Kier molecular flexibility index (Phi) is 6.43. The summed E-state index contributed by atoms with van der Waals surface area (Å²) in [4.78, 5) is 2.43. The highest BCUT2D eigenvalue weighted by Crippen LogP contribution is 2.24. The molecule has 0 N–H and O–H groups in total. The molecule has 0 bridgehead atoms. The van der Waals surface area contributed by atoms with Crippen LogP contribution in [-0.2, 0) is 10.0 Å². The van der Waals surface area contributed by atoms with Crippen LogP contribution in [0.15, 0.2) is 59.5 Å². The van der Waals surface area contributed by atoms with Gasteiger partial charge in [0.2, 0.25) is 10.0 Å². The van der Waals surface area contributed by atoms with E-state index in [2.05, 4.69) is 15.1 Å². The normalized spacial score (nSPS) is 15.0. The van der Waals surface area contributed by atoms with Crippen molar-refractivity contribution in [2.75, 3.05) is 37.7 Å². The average Bonchev–Trinajstić information content (AvgIpc) is 2.82. The summed E-state index contributed by atoms with van der Waals surface area (Å²) in [5.74, 6) is 1.58. The van der Waals surface area contributed by atoms with Crippen LogP contribution in [0.5, 0.6) is 5.75 Å². The van der Waals surface area contributed by atoms with Crippen molar-refractivity contribution in [3.63, 3.8) is 0 Å². The van der Waals surface area contributed by atoms with Gasteiger partial charge in [0.05, 0.1) is 17.2 Å². The zero-order valence-electron chi connectivity index (χ0n) is 18.7. The first kappa shape index (κ1) is 22.2. The molecule has 2 heterocycles. The number of rotatable bonds is 6. The van der Waals surface area contributed by atoms with E-state index in [4.69, 9.17) is 4.74 Å².